The number of amidine groups is 2. The third-order valence-electron chi connectivity index (χ3n) is 9.71. The zero-order valence-electron chi connectivity index (χ0n) is 26.5. The summed E-state index contributed by atoms with van der Waals surface area (Å²) in [5.74, 6) is 1.48. The molecule has 0 fully saturated rings. The number of fused-ring (bicyclic) bond motifs is 7. The summed E-state index contributed by atoms with van der Waals surface area (Å²) in [5.41, 5.74) is 6.90. The number of nitrogens with zero attached hydrogens (tertiary/aromatic N) is 2. The lowest BCUT2D eigenvalue weighted by molar-refractivity contribution is 0.663. The van der Waals surface area contributed by atoms with Crippen molar-refractivity contribution in [2.45, 2.75) is 6.17 Å². The van der Waals surface area contributed by atoms with Crippen molar-refractivity contribution in [1.82, 2.24) is 5.32 Å². The fourth-order valence-electron chi connectivity index (χ4n) is 7.29. The van der Waals surface area contributed by atoms with Crippen LogP contribution in [0.25, 0.3) is 65.4 Å². The van der Waals surface area contributed by atoms with E-state index in [2.05, 4.69) is 139 Å². The molecule has 230 valence electrons. The molecule has 0 amide bonds. The first-order valence-electron chi connectivity index (χ1n) is 16.6. The molecule has 9 aromatic rings. The van der Waals surface area contributed by atoms with E-state index in [9.17, 15) is 0 Å². The first-order valence-corrected chi connectivity index (χ1v) is 16.6. The molecule has 1 aliphatic heterocycles. The molecular weight excluding hydrogens is 599 g/mol. The summed E-state index contributed by atoms with van der Waals surface area (Å²) < 4.78 is 6.73. The van der Waals surface area contributed by atoms with E-state index in [1.54, 1.807) is 0 Å². The van der Waals surface area contributed by atoms with E-state index < -0.39 is 6.17 Å². The van der Waals surface area contributed by atoms with Crippen molar-refractivity contribution in [3.05, 3.63) is 180 Å². The van der Waals surface area contributed by atoms with Gasteiger partial charge in [0.15, 0.2) is 5.84 Å². The fourth-order valence-corrected chi connectivity index (χ4v) is 7.29. The molecule has 4 heteroatoms. The summed E-state index contributed by atoms with van der Waals surface area (Å²) in [4.78, 5) is 10.3. The molecule has 0 aliphatic carbocycles. The van der Waals surface area contributed by atoms with Gasteiger partial charge in [0.25, 0.3) is 0 Å². The summed E-state index contributed by atoms with van der Waals surface area (Å²) in [6.07, 6.45) is -0.396. The molecular formula is C45H29N3O. The molecule has 1 aliphatic rings. The van der Waals surface area contributed by atoms with Crippen LogP contribution in [0.3, 0.4) is 0 Å². The first kappa shape index (κ1) is 27.6. The van der Waals surface area contributed by atoms with Gasteiger partial charge in [-0.2, -0.15) is 0 Å². The van der Waals surface area contributed by atoms with Gasteiger partial charge < -0.3 is 9.73 Å². The fraction of sp³-hybridized carbons (Fsp3) is 0.0222. The van der Waals surface area contributed by atoms with Gasteiger partial charge in [-0.1, -0.05) is 146 Å². The lowest BCUT2D eigenvalue weighted by Gasteiger charge is -2.24. The highest BCUT2D eigenvalue weighted by Crippen LogP contribution is 2.42. The molecule has 1 aromatic heterocycles. The summed E-state index contributed by atoms with van der Waals surface area (Å²) >= 11 is 0. The largest absolute Gasteiger partial charge is 0.455 e. The van der Waals surface area contributed by atoms with E-state index in [4.69, 9.17) is 14.4 Å². The van der Waals surface area contributed by atoms with Crippen LogP contribution in [0, 0.1) is 0 Å². The Morgan fingerprint density at radius 2 is 1.16 bits per heavy atom. The van der Waals surface area contributed by atoms with E-state index in [-0.39, 0.29) is 0 Å². The minimum absolute atomic E-state index is 0.396. The maximum Gasteiger partial charge on any atom is 0.159 e. The molecule has 0 saturated heterocycles. The van der Waals surface area contributed by atoms with Crippen molar-refractivity contribution in [3.8, 4) is 11.1 Å². The van der Waals surface area contributed by atoms with Gasteiger partial charge in [0.1, 0.15) is 23.2 Å². The van der Waals surface area contributed by atoms with E-state index in [0.29, 0.717) is 5.84 Å². The van der Waals surface area contributed by atoms with Gasteiger partial charge in [-0.3, -0.25) is 0 Å². The Hall–Kier alpha value is -6.52. The Labute approximate surface area is 282 Å². The normalized spacial score (nSPS) is 14.7. The van der Waals surface area contributed by atoms with Crippen molar-refractivity contribution < 1.29 is 4.42 Å². The van der Waals surface area contributed by atoms with Crippen LogP contribution in [-0.2, 0) is 0 Å². The average molecular weight is 628 g/mol. The van der Waals surface area contributed by atoms with Gasteiger partial charge in [-0.15, -0.1) is 0 Å². The third-order valence-corrected chi connectivity index (χ3v) is 9.71. The molecule has 0 saturated carbocycles. The molecule has 10 rings (SSSR count). The molecule has 0 spiro atoms. The van der Waals surface area contributed by atoms with Crippen LogP contribution in [0.2, 0.25) is 0 Å². The Morgan fingerprint density at radius 1 is 0.490 bits per heavy atom. The molecule has 49 heavy (non-hydrogen) atoms. The van der Waals surface area contributed by atoms with E-state index in [1.165, 1.54) is 32.3 Å². The minimum Gasteiger partial charge on any atom is -0.455 e. The Bertz CT molecular complexity index is 2810. The van der Waals surface area contributed by atoms with Crippen LogP contribution < -0.4 is 5.32 Å². The summed E-state index contributed by atoms with van der Waals surface area (Å²) in [6.45, 7) is 0. The van der Waals surface area contributed by atoms with Gasteiger partial charge in [-0.25, -0.2) is 9.98 Å². The maximum absolute atomic E-state index is 6.73. The van der Waals surface area contributed by atoms with Gasteiger partial charge in [0, 0.05) is 33.0 Å². The Morgan fingerprint density at radius 3 is 2.04 bits per heavy atom. The molecule has 1 N–H and O–H groups in total. The molecule has 8 aromatic carbocycles. The predicted octanol–water partition coefficient (Wildman–Crippen LogP) is 11.2. The van der Waals surface area contributed by atoms with Crippen LogP contribution in [0.4, 0.5) is 0 Å². The van der Waals surface area contributed by atoms with E-state index >= 15 is 0 Å². The standard InChI is InChI=1S/C45H29N3O/c1-2-12-31(13-3-1)43-46-44(34-23-18-28-10-4-5-14-32(28)26-34)48-45(47-43)38-25-24-36(42-41(38)37-16-8-9-17-40(37)49-42)33-22-21-30-20-19-29-11-6-7-15-35(29)39(30)27-33/h1-27,45H,(H,46,47,48). The van der Waals surface area contributed by atoms with Gasteiger partial charge in [-0.05, 0) is 56.1 Å². The number of furan rings is 1. The van der Waals surface area contributed by atoms with E-state index in [1.807, 2.05) is 30.3 Å². The second-order valence-electron chi connectivity index (χ2n) is 12.6. The highest BCUT2D eigenvalue weighted by atomic mass is 16.3. The Kier molecular flexibility index (Phi) is 6.21. The van der Waals surface area contributed by atoms with Crippen molar-refractivity contribution in [1.29, 1.82) is 0 Å². The number of hydrogen-bond donors (Lipinski definition) is 1. The van der Waals surface area contributed by atoms with E-state index in [0.717, 1.165) is 55.6 Å². The predicted molar refractivity (Wildman–Crippen MR) is 204 cm³/mol. The molecule has 4 nitrogen and oxygen atoms in total. The molecule has 2 heterocycles. The van der Waals surface area contributed by atoms with Crippen molar-refractivity contribution >= 4 is 65.9 Å². The second kappa shape index (κ2) is 11.0. The van der Waals surface area contributed by atoms with Crippen LogP contribution in [0.15, 0.2) is 178 Å². The highest BCUT2D eigenvalue weighted by molar-refractivity contribution is 6.16. The summed E-state index contributed by atoms with van der Waals surface area (Å²) in [6, 6.07) is 57.5. The van der Waals surface area contributed by atoms with Crippen molar-refractivity contribution in [2.24, 2.45) is 9.98 Å². The average Bonchev–Trinajstić information content (AvgIpc) is 3.57. The topological polar surface area (TPSA) is 49.9 Å². The van der Waals surface area contributed by atoms with Crippen LogP contribution >= 0.6 is 0 Å². The zero-order valence-corrected chi connectivity index (χ0v) is 26.5. The number of rotatable bonds is 4. The molecule has 0 radical (unpaired) electrons. The summed E-state index contributed by atoms with van der Waals surface area (Å²) in [7, 11) is 0. The number of aliphatic imine (C=N–C) groups is 2. The number of nitrogens with one attached hydrogen (secondary N) is 1. The second-order valence-corrected chi connectivity index (χ2v) is 12.6. The first-order chi connectivity index (χ1) is 24.3. The van der Waals surface area contributed by atoms with Gasteiger partial charge >= 0.3 is 0 Å². The number of hydrogen-bond acceptors (Lipinski definition) is 4. The van der Waals surface area contributed by atoms with Crippen LogP contribution in [0.5, 0.6) is 0 Å². The highest BCUT2D eigenvalue weighted by Gasteiger charge is 2.26. The molecule has 0 bridgehead atoms. The molecule has 1 unspecified atom stereocenters. The lowest BCUT2D eigenvalue weighted by Crippen LogP contribution is -2.33. The van der Waals surface area contributed by atoms with Crippen molar-refractivity contribution in [3.63, 3.8) is 0 Å². The maximum atomic E-state index is 6.73. The molecule has 1 atom stereocenters. The summed E-state index contributed by atoms with van der Waals surface area (Å²) in [5, 5.41) is 13.1. The lowest BCUT2D eigenvalue weighted by atomic mass is 9.94. The van der Waals surface area contributed by atoms with Gasteiger partial charge in [0.2, 0.25) is 0 Å². The SMILES string of the molecule is c1ccc(C2=NC(c3ccc(-c4ccc5ccc6ccccc6c5c4)c4oc5ccccc5c34)NC(c3ccc4ccccc4c3)=N2)cc1. The number of benzene rings is 8. The smallest absolute Gasteiger partial charge is 0.159 e. The van der Waals surface area contributed by atoms with Crippen LogP contribution in [-0.4, -0.2) is 11.7 Å². The number of para-hydroxylation sites is 1. The quantitative estimate of drug-likeness (QED) is 0.197. The zero-order chi connectivity index (χ0) is 32.3. The Balaban J connectivity index is 1.17. The van der Waals surface area contributed by atoms with Crippen molar-refractivity contribution in [2.75, 3.05) is 0 Å². The van der Waals surface area contributed by atoms with Gasteiger partial charge in [0.05, 0.1) is 0 Å². The monoisotopic (exact) mass is 627 g/mol. The minimum atomic E-state index is -0.396. The van der Waals surface area contributed by atoms with Crippen LogP contribution in [0.1, 0.15) is 22.9 Å². The third kappa shape index (κ3) is 4.61.